The van der Waals surface area contributed by atoms with E-state index in [1.807, 2.05) is 12.4 Å². The summed E-state index contributed by atoms with van der Waals surface area (Å²) in [6.07, 6.45) is 8.48. The van der Waals surface area contributed by atoms with Crippen molar-refractivity contribution in [1.82, 2.24) is 9.97 Å². The molecule has 7 heteroatoms. The molecule has 0 spiro atoms. The van der Waals surface area contributed by atoms with Gasteiger partial charge in [0.15, 0.2) is 0 Å². The molecule has 0 aliphatic heterocycles. The topological polar surface area (TPSA) is 25.8 Å². The first-order chi connectivity index (χ1) is 15.1. The minimum atomic E-state index is -4.10. The predicted octanol–water partition coefficient (Wildman–Crippen LogP) is 8.72. The van der Waals surface area contributed by atoms with Crippen LogP contribution in [0.2, 0.25) is 0 Å². The van der Waals surface area contributed by atoms with Crippen molar-refractivity contribution in [1.29, 1.82) is 0 Å². The average molecular weight is 646 g/mol. The van der Waals surface area contributed by atoms with E-state index in [0.29, 0.717) is 0 Å². The van der Waals surface area contributed by atoms with Gasteiger partial charge in [-0.05, 0) is 0 Å². The Morgan fingerprint density at radius 2 is 1.13 bits per heavy atom. The van der Waals surface area contributed by atoms with Crippen LogP contribution < -0.4 is 0 Å². The molecule has 2 aromatic heterocycles. The molecule has 2 heterocycles. The standard InChI is InChI=1S/2C12H9NP.2ClH.Hf/c2*1-2-4-11-8-12(7-10(11)3-1)14-6-5-13-9-14;;;/h2*1-9H;2*1H;/q;;;;+2/p-2. The molecule has 6 rings (SSSR count). The molecule has 4 aromatic rings. The Labute approximate surface area is 195 Å². The van der Waals surface area contributed by atoms with Gasteiger partial charge in [0.2, 0.25) is 0 Å². The summed E-state index contributed by atoms with van der Waals surface area (Å²) >= 11 is -4.10. The van der Waals surface area contributed by atoms with Crippen molar-refractivity contribution in [2.24, 2.45) is 0 Å². The molecule has 4 atom stereocenters. The third-order valence-corrected chi connectivity index (χ3v) is 28.7. The summed E-state index contributed by atoms with van der Waals surface area (Å²) in [5.41, 5.74) is 5.11. The van der Waals surface area contributed by atoms with Gasteiger partial charge in [0.25, 0.3) is 0 Å². The van der Waals surface area contributed by atoms with Gasteiger partial charge in [-0.15, -0.1) is 0 Å². The summed E-state index contributed by atoms with van der Waals surface area (Å²) < 4.78 is 0.232. The fourth-order valence-corrected chi connectivity index (χ4v) is 34.2. The first-order valence-corrected chi connectivity index (χ1v) is 26.1. The Morgan fingerprint density at radius 3 is 1.55 bits per heavy atom. The normalized spacial score (nSPS) is 20.8. The summed E-state index contributed by atoms with van der Waals surface area (Å²) in [6, 6.07) is 17.3. The number of rotatable bonds is 4. The zero-order chi connectivity index (χ0) is 21.0. The van der Waals surface area contributed by atoms with Crippen LogP contribution >= 0.6 is 32.2 Å². The molecule has 0 saturated carbocycles. The first kappa shape index (κ1) is 20.4. The van der Waals surface area contributed by atoms with Gasteiger partial charge >= 0.3 is 197 Å². The fraction of sp³-hybridized carbons (Fsp3) is 0.0833. The Balaban J connectivity index is 1.55. The molecule has 2 aliphatic carbocycles. The summed E-state index contributed by atoms with van der Waals surface area (Å²) in [4.78, 5) is 8.77. The van der Waals surface area contributed by atoms with Gasteiger partial charge < -0.3 is 0 Å². The zero-order valence-electron chi connectivity index (χ0n) is 16.4. The monoisotopic (exact) mass is 646 g/mol. The molecule has 0 fully saturated rings. The second-order valence-electron chi connectivity index (χ2n) is 7.88. The second-order valence-corrected chi connectivity index (χ2v) is 32.4. The van der Waals surface area contributed by atoms with Crippen molar-refractivity contribution in [2.45, 2.75) is 7.35 Å². The zero-order valence-corrected chi connectivity index (χ0v) is 23.3. The number of hydrogen-bond acceptors (Lipinski definition) is 2. The molecule has 0 bridgehead atoms. The average Bonchev–Trinajstić information content (AvgIpc) is 3.57. The quantitative estimate of drug-likeness (QED) is 0.208. The van der Waals surface area contributed by atoms with E-state index in [2.05, 4.69) is 94.1 Å². The van der Waals surface area contributed by atoms with Crippen molar-refractivity contribution in [2.75, 3.05) is 0 Å². The molecule has 152 valence electrons. The van der Waals surface area contributed by atoms with E-state index in [9.17, 15) is 0 Å². The van der Waals surface area contributed by atoms with Crippen LogP contribution in [-0.2, 0) is 17.6 Å². The molecule has 0 N–H and O–H groups in total. The Kier molecular flexibility index (Phi) is 5.25. The van der Waals surface area contributed by atoms with E-state index in [4.69, 9.17) is 17.2 Å². The van der Waals surface area contributed by atoms with E-state index >= 15 is 0 Å². The molecule has 0 radical (unpaired) electrons. The number of aromatic nitrogens is 2. The number of nitrogens with zero attached hydrogens (tertiary/aromatic N) is 2. The minimum absolute atomic E-state index is 0.116. The number of halogens is 2. The van der Waals surface area contributed by atoms with Crippen molar-refractivity contribution in [3.63, 3.8) is 0 Å². The van der Waals surface area contributed by atoms with Gasteiger partial charge in [0.1, 0.15) is 0 Å². The van der Waals surface area contributed by atoms with E-state index < -0.39 is 32.7 Å². The molecular weight excluding hydrogens is 628 g/mol. The molecule has 4 unspecified atom stereocenters. The number of hydrogen-bond donors (Lipinski definition) is 0. The van der Waals surface area contributed by atoms with Gasteiger partial charge in [-0.1, -0.05) is 0 Å². The van der Waals surface area contributed by atoms with Gasteiger partial charge in [0, 0.05) is 0 Å². The van der Waals surface area contributed by atoms with Crippen LogP contribution in [0.25, 0.3) is 22.8 Å². The van der Waals surface area contributed by atoms with Gasteiger partial charge in [0.05, 0.1) is 0 Å². The molecule has 2 aromatic carbocycles. The van der Waals surface area contributed by atoms with E-state index in [0.717, 1.165) is 0 Å². The van der Waals surface area contributed by atoms with Crippen LogP contribution in [0.1, 0.15) is 29.6 Å². The summed E-state index contributed by atoms with van der Waals surface area (Å²) in [5.74, 6) is 8.59. The Bertz CT molecular complexity index is 1230. The second kappa shape index (κ2) is 7.98. The fourth-order valence-electron chi connectivity index (χ4n) is 4.86. The van der Waals surface area contributed by atoms with Crippen LogP contribution in [-0.4, -0.2) is 9.97 Å². The molecule has 2 aliphatic rings. The van der Waals surface area contributed by atoms with E-state index in [-0.39, 0.29) is 7.35 Å². The van der Waals surface area contributed by atoms with Gasteiger partial charge in [-0.3, -0.25) is 0 Å². The van der Waals surface area contributed by atoms with Gasteiger partial charge in [-0.2, -0.15) is 0 Å². The molecular formula is C24H18Cl2HfN2P2. The number of fused-ring (bicyclic) bond motifs is 2. The molecule has 0 saturated heterocycles. The van der Waals surface area contributed by atoms with E-state index in [1.165, 1.54) is 32.9 Å². The van der Waals surface area contributed by atoms with Crippen LogP contribution in [0, 0.1) is 0 Å². The van der Waals surface area contributed by atoms with Crippen molar-refractivity contribution in [3.05, 3.63) is 107 Å². The van der Waals surface area contributed by atoms with Gasteiger partial charge in [-0.25, -0.2) is 0 Å². The van der Waals surface area contributed by atoms with Crippen molar-refractivity contribution < 1.29 is 17.6 Å². The van der Waals surface area contributed by atoms with Crippen molar-refractivity contribution in [3.8, 4) is 0 Å². The SMILES string of the molecule is [Cl][Hf]([Cl])([CH]1C(p2ccnc2)=Cc2ccccc21)[CH]1C(p2ccnc2)=Cc2ccccc21. The summed E-state index contributed by atoms with van der Waals surface area (Å²) in [7, 11) is 14.3. The van der Waals surface area contributed by atoms with Crippen LogP contribution in [0.5, 0.6) is 0 Å². The number of allylic oxidation sites excluding steroid dienone is 2. The maximum absolute atomic E-state index is 7.74. The van der Waals surface area contributed by atoms with Crippen LogP contribution in [0.4, 0.5) is 0 Å². The first-order valence-electron chi connectivity index (χ1n) is 10.1. The molecule has 0 amide bonds. The molecule has 31 heavy (non-hydrogen) atoms. The van der Waals surface area contributed by atoms with E-state index in [1.54, 1.807) is 0 Å². The predicted molar refractivity (Wildman–Crippen MR) is 132 cm³/mol. The molecule has 2 nitrogen and oxygen atoms in total. The third-order valence-electron chi connectivity index (χ3n) is 6.19. The summed E-state index contributed by atoms with van der Waals surface area (Å²) in [5, 5.41) is 2.74. The third kappa shape index (κ3) is 3.33. The number of benzene rings is 2. The van der Waals surface area contributed by atoms with Crippen LogP contribution in [0.3, 0.4) is 0 Å². The Morgan fingerprint density at radius 1 is 0.677 bits per heavy atom. The maximum atomic E-state index is 7.74. The Hall–Kier alpha value is -1.21. The van der Waals surface area contributed by atoms with Crippen LogP contribution in [0.15, 0.2) is 84.4 Å². The van der Waals surface area contributed by atoms with Crippen molar-refractivity contribution >= 4 is 55.0 Å². The summed E-state index contributed by atoms with van der Waals surface area (Å²) in [6.45, 7) is 0.